The fourth-order valence-corrected chi connectivity index (χ4v) is 0.821. The number of hydrogen-bond donors (Lipinski definition) is 1. The van der Waals surface area contributed by atoms with Gasteiger partial charge in [0, 0.05) is 13.7 Å². The minimum absolute atomic E-state index is 0.0624. The Morgan fingerprint density at radius 2 is 2.00 bits per heavy atom. The van der Waals surface area contributed by atoms with Crippen molar-refractivity contribution in [3.05, 3.63) is 0 Å². The predicted octanol–water partition coefficient (Wildman–Crippen LogP) is 1.20. The molecule has 0 bridgehead atoms. The summed E-state index contributed by atoms with van der Waals surface area (Å²) < 4.78 is 9.90. The Morgan fingerprint density at radius 1 is 1.33 bits per heavy atom. The third-order valence-electron chi connectivity index (χ3n) is 2.39. The summed E-state index contributed by atoms with van der Waals surface area (Å²) in [6, 6.07) is 0. The summed E-state index contributed by atoms with van der Waals surface area (Å²) in [5, 5.41) is 2.85. The molecule has 0 saturated heterocycles. The zero-order chi connectivity index (χ0) is 11.7. The van der Waals surface area contributed by atoms with Gasteiger partial charge < -0.3 is 14.8 Å². The van der Waals surface area contributed by atoms with Crippen molar-refractivity contribution in [3.63, 3.8) is 0 Å². The van der Waals surface area contributed by atoms with Gasteiger partial charge in [-0.2, -0.15) is 0 Å². The Kier molecular flexibility index (Phi) is 7.34. The van der Waals surface area contributed by atoms with Crippen LogP contribution in [0.5, 0.6) is 0 Å². The number of methoxy groups -OCH3 is 1. The first-order chi connectivity index (χ1) is 7.02. The lowest BCUT2D eigenvalue weighted by molar-refractivity contribution is -0.126. The average Bonchev–Trinajstić information content (AvgIpc) is 2.22. The van der Waals surface area contributed by atoms with Crippen molar-refractivity contribution in [2.75, 3.05) is 33.5 Å². The van der Waals surface area contributed by atoms with Crippen molar-refractivity contribution >= 4 is 5.91 Å². The van der Waals surface area contributed by atoms with Crippen LogP contribution in [0.25, 0.3) is 0 Å². The first kappa shape index (κ1) is 14.4. The Balaban J connectivity index is 3.49. The third kappa shape index (κ3) is 8.39. The number of amides is 1. The lowest BCUT2D eigenvalue weighted by Crippen LogP contribution is -2.36. The molecule has 0 aromatic heterocycles. The van der Waals surface area contributed by atoms with Crippen LogP contribution in [0.15, 0.2) is 0 Å². The van der Waals surface area contributed by atoms with Crippen LogP contribution >= 0.6 is 0 Å². The van der Waals surface area contributed by atoms with Crippen molar-refractivity contribution in [2.45, 2.75) is 27.2 Å². The summed E-state index contributed by atoms with van der Waals surface area (Å²) in [6.45, 7) is 8.15. The molecule has 0 unspecified atom stereocenters. The second kappa shape index (κ2) is 7.65. The first-order valence-electron chi connectivity index (χ1n) is 5.35. The molecule has 0 heterocycles. The normalized spacial score (nSPS) is 11.5. The quantitative estimate of drug-likeness (QED) is 0.621. The number of rotatable bonds is 8. The molecule has 0 aliphatic carbocycles. The highest BCUT2D eigenvalue weighted by Gasteiger charge is 2.15. The van der Waals surface area contributed by atoms with Gasteiger partial charge in [0.2, 0.25) is 5.91 Å². The van der Waals surface area contributed by atoms with Gasteiger partial charge in [-0.1, -0.05) is 20.8 Å². The van der Waals surface area contributed by atoms with Crippen molar-refractivity contribution in [1.82, 2.24) is 5.32 Å². The van der Waals surface area contributed by atoms with E-state index in [1.165, 1.54) is 0 Å². The van der Waals surface area contributed by atoms with Crippen LogP contribution in [-0.2, 0) is 14.3 Å². The van der Waals surface area contributed by atoms with Gasteiger partial charge in [-0.25, -0.2) is 0 Å². The van der Waals surface area contributed by atoms with Crippen LogP contribution in [-0.4, -0.2) is 39.4 Å². The molecule has 0 atom stereocenters. The minimum Gasteiger partial charge on any atom is -0.382 e. The first-order valence-corrected chi connectivity index (χ1v) is 5.35. The fourth-order valence-electron chi connectivity index (χ4n) is 0.821. The van der Waals surface area contributed by atoms with E-state index in [2.05, 4.69) is 26.1 Å². The van der Waals surface area contributed by atoms with E-state index in [0.29, 0.717) is 19.8 Å². The predicted molar refractivity (Wildman–Crippen MR) is 59.8 cm³/mol. The highest BCUT2D eigenvalue weighted by Crippen LogP contribution is 2.17. The van der Waals surface area contributed by atoms with Crippen molar-refractivity contribution in [3.8, 4) is 0 Å². The maximum Gasteiger partial charge on any atom is 0.246 e. The maximum atomic E-state index is 11.3. The van der Waals surface area contributed by atoms with Gasteiger partial charge in [0.1, 0.15) is 6.61 Å². The molecule has 0 spiro atoms. The van der Waals surface area contributed by atoms with Gasteiger partial charge >= 0.3 is 0 Å². The van der Waals surface area contributed by atoms with Crippen molar-refractivity contribution in [1.29, 1.82) is 0 Å². The van der Waals surface area contributed by atoms with Crippen LogP contribution in [0.1, 0.15) is 27.2 Å². The molecule has 15 heavy (non-hydrogen) atoms. The van der Waals surface area contributed by atoms with E-state index in [9.17, 15) is 4.79 Å². The molecule has 0 aromatic carbocycles. The summed E-state index contributed by atoms with van der Waals surface area (Å²) in [5.41, 5.74) is 0.155. The van der Waals surface area contributed by atoms with Gasteiger partial charge in [-0.05, 0) is 11.8 Å². The molecular weight excluding hydrogens is 194 g/mol. The summed E-state index contributed by atoms with van der Waals surface area (Å²) >= 11 is 0. The molecule has 0 aliphatic heterocycles. The third-order valence-corrected chi connectivity index (χ3v) is 2.39. The summed E-state index contributed by atoms with van der Waals surface area (Å²) in [6.07, 6.45) is 1.04. The second-order valence-corrected chi connectivity index (χ2v) is 4.34. The van der Waals surface area contributed by atoms with Gasteiger partial charge in [0.15, 0.2) is 0 Å². The number of nitrogens with one attached hydrogen (secondary N) is 1. The molecule has 0 radical (unpaired) electrons. The van der Waals surface area contributed by atoms with Gasteiger partial charge in [0.25, 0.3) is 0 Å². The topological polar surface area (TPSA) is 47.6 Å². The SMILES string of the molecule is CCC(C)(C)CNC(=O)COCCOC. The van der Waals surface area contributed by atoms with Gasteiger partial charge in [-0.15, -0.1) is 0 Å². The van der Waals surface area contributed by atoms with E-state index in [1.807, 2.05) is 0 Å². The van der Waals surface area contributed by atoms with Crippen LogP contribution in [0, 0.1) is 5.41 Å². The molecule has 4 heteroatoms. The number of carbonyl (C=O) groups is 1. The standard InChI is InChI=1S/C11H23NO3/c1-5-11(2,3)9-12-10(13)8-15-7-6-14-4/h5-9H2,1-4H3,(H,12,13). The molecule has 0 fully saturated rings. The van der Waals surface area contributed by atoms with E-state index in [0.717, 1.165) is 6.42 Å². The number of carbonyl (C=O) groups excluding carboxylic acids is 1. The summed E-state index contributed by atoms with van der Waals surface area (Å²) in [5.74, 6) is -0.0624. The molecule has 0 aromatic rings. The summed E-state index contributed by atoms with van der Waals surface area (Å²) in [4.78, 5) is 11.3. The summed E-state index contributed by atoms with van der Waals surface area (Å²) in [7, 11) is 1.60. The van der Waals surface area contributed by atoms with Crippen molar-refractivity contribution < 1.29 is 14.3 Å². The molecule has 4 nitrogen and oxygen atoms in total. The molecule has 0 aliphatic rings. The lowest BCUT2D eigenvalue weighted by Gasteiger charge is -2.22. The largest absolute Gasteiger partial charge is 0.382 e. The zero-order valence-electron chi connectivity index (χ0n) is 10.3. The number of ether oxygens (including phenoxy) is 2. The Hall–Kier alpha value is -0.610. The van der Waals surface area contributed by atoms with Crippen LogP contribution in [0.4, 0.5) is 0 Å². The average molecular weight is 217 g/mol. The zero-order valence-corrected chi connectivity index (χ0v) is 10.3. The van der Waals surface area contributed by atoms with Crippen molar-refractivity contribution in [2.24, 2.45) is 5.41 Å². The molecule has 0 rings (SSSR count). The monoisotopic (exact) mass is 217 g/mol. The maximum absolute atomic E-state index is 11.3. The van der Waals surface area contributed by atoms with E-state index in [-0.39, 0.29) is 17.9 Å². The fraction of sp³-hybridized carbons (Fsp3) is 0.909. The highest BCUT2D eigenvalue weighted by molar-refractivity contribution is 5.77. The molecule has 1 N–H and O–H groups in total. The van der Waals surface area contributed by atoms with E-state index in [1.54, 1.807) is 7.11 Å². The Bertz CT molecular complexity index is 181. The van der Waals surface area contributed by atoms with Gasteiger partial charge in [-0.3, -0.25) is 4.79 Å². The van der Waals surface area contributed by atoms with Crippen LogP contribution in [0.2, 0.25) is 0 Å². The van der Waals surface area contributed by atoms with Crippen LogP contribution in [0.3, 0.4) is 0 Å². The van der Waals surface area contributed by atoms with Crippen LogP contribution < -0.4 is 5.32 Å². The van der Waals surface area contributed by atoms with E-state index in [4.69, 9.17) is 9.47 Å². The smallest absolute Gasteiger partial charge is 0.246 e. The highest BCUT2D eigenvalue weighted by atomic mass is 16.5. The Labute approximate surface area is 92.3 Å². The lowest BCUT2D eigenvalue weighted by atomic mass is 9.90. The Morgan fingerprint density at radius 3 is 2.53 bits per heavy atom. The number of hydrogen-bond acceptors (Lipinski definition) is 3. The molecular formula is C11H23NO3. The molecule has 1 amide bonds. The van der Waals surface area contributed by atoms with Gasteiger partial charge in [0.05, 0.1) is 13.2 Å². The van der Waals surface area contributed by atoms with E-state index >= 15 is 0 Å². The second-order valence-electron chi connectivity index (χ2n) is 4.34. The van der Waals surface area contributed by atoms with E-state index < -0.39 is 0 Å². The molecule has 90 valence electrons. The minimum atomic E-state index is -0.0624. The molecule has 0 saturated carbocycles.